The van der Waals surface area contributed by atoms with Crippen molar-refractivity contribution >= 4 is 39.4 Å². The Morgan fingerprint density at radius 1 is 1.17 bits per heavy atom. The van der Waals surface area contributed by atoms with E-state index in [1.54, 1.807) is 11.0 Å². The van der Waals surface area contributed by atoms with Crippen LogP contribution >= 0.6 is 15.9 Å². The fourth-order valence-corrected chi connectivity index (χ4v) is 3.47. The molecule has 1 atom stereocenters. The summed E-state index contributed by atoms with van der Waals surface area (Å²) in [4.78, 5) is 24.6. The highest BCUT2D eigenvalue weighted by molar-refractivity contribution is 9.10. The quantitative estimate of drug-likeness (QED) is 0.572. The molecule has 2 aromatic carbocycles. The number of carbonyl (C=O) groups is 2. The van der Waals surface area contributed by atoms with Crippen molar-refractivity contribution in [3.63, 3.8) is 0 Å². The molecule has 1 heterocycles. The summed E-state index contributed by atoms with van der Waals surface area (Å²) >= 11 is 3.41. The van der Waals surface area contributed by atoms with E-state index in [0.29, 0.717) is 22.3 Å². The number of fused-ring (bicyclic) bond motifs is 1. The van der Waals surface area contributed by atoms with Crippen molar-refractivity contribution < 1.29 is 22.8 Å². The van der Waals surface area contributed by atoms with Crippen LogP contribution in [-0.4, -0.2) is 18.1 Å². The van der Waals surface area contributed by atoms with Gasteiger partial charge in [-0.1, -0.05) is 12.1 Å². The van der Waals surface area contributed by atoms with E-state index in [1.165, 1.54) is 12.1 Å². The zero-order valence-electron chi connectivity index (χ0n) is 12.2. The molecule has 24 heavy (non-hydrogen) atoms. The molecule has 0 radical (unpaired) electrons. The number of Topliss-reactive ketones (excluding diaryl/α,β-unsaturated/α-hetero) is 1. The maximum Gasteiger partial charge on any atom is 0.416 e. The van der Waals surface area contributed by atoms with Gasteiger partial charge >= 0.3 is 6.18 Å². The fraction of sp³-hybridized carbons (Fsp3) is 0.176. The van der Waals surface area contributed by atoms with Gasteiger partial charge in [-0.15, -0.1) is 0 Å². The summed E-state index contributed by atoms with van der Waals surface area (Å²) in [6.07, 6.45) is -3.85. The summed E-state index contributed by atoms with van der Waals surface area (Å²) in [5.74, 6) is -0.613. The molecule has 2 aromatic rings. The molecule has 0 bridgehead atoms. The highest BCUT2D eigenvalue weighted by Crippen LogP contribution is 2.43. The number of hydrogen-bond acceptors (Lipinski definition) is 3. The minimum absolute atomic E-state index is 0.252. The van der Waals surface area contributed by atoms with Crippen LogP contribution < -0.4 is 4.90 Å². The van der Waals surface area contributed by atoms with Gasteiger partial charge in [0.25, 0.3) is 0 Å². The lowest BCUT2D eigenvalue weighted by Gasteiger charge is -2.26. The second-order valence-corrected chi connectivity index (χ2v) is 6.26. The molecule has 1 unspecified atom stereocenters. The molecule has 0 amide bonds. The molecule has 0 N–H and O–H groups in total. The highest BCUT2D eigenvalue weighted by atomic mass is 79.9. The van der Waals surface area contributed by atoms with Crippen LogP contribution in [0.5, 0.6) is 0 Å². The van der Waals surface area contributed by atoms with Crippen LogP contribution in [0.1, 0.15) is 11.1 Å². The predicted molar refractivity (Wildman–Crippen MR) is 86.3 cm³/mol. The maximum absolute atomic E-state index is 12.7. The maximum atomic E-state index is 12.7. The van der Waals surface area contributed by atoms with Crippen LogP contribution in [0.4, 0.5) is 24.5 Å². The van der Waals surface area contributed by atoms with Crippen LogP contribution in [0.2, 0.25) is 0 Å². The van der Waals surface area contributed by atoms with Crippen molar-refractivity contribution in [3.05, 3.63) is 58.1 Å². The molecule has 0 aliphatic carbocycles. The smallest absolute Gasteiger partial charge is 0.329 e. The third-order valence-electron chi connectivity index (χ3n) is 3.95. The van der Waals surface area contributed by atoms with Crippen LogP contribution in [-0.2, 0) is 22.2 Å². The second-order valence-electron chi connectivity index (χ2n) is 5.40. The van der Waals surface area contributed by atoms with Gasteiger partial charge < -0.3 is 4.90 Å². The zero-order chi connectivity index (χ0) is 17.5. The highest BCUT2D eigenvalue weighted by Gasteiger charge is 2.37. The van der Waals surface area contributed by atoms with Crippen molar-refractivity contribution in [3.8, 4) is 0 Å². The van der Waals surface area contributed by atoms with Gasteiger partial charge in [-0.3, -0.25) is 9.59 Å². The predicted octanol–water partition coefficient (Wildman–Crippen LogP) is 4.30. The number of para-hydroxylation sites is 1. The third-order valence-corrected chi connectivity index (χ3v) is 4.59. The lowest BCUT2D eigenvalue weighted by molar-refractivity contribution is -0.137. The minimum atomic E-state index is -4.43. The van der Waals surface area contributed by atoms with E-state index >= 15 is 0 Å². The van der Waals surface area contributed by atoms with Gasteiger partial charge in [0, 0.05) is 16.6 Å². The summed E-state index contributed by atoms with van der Waals surface area (Å²) in [6.45, 7) is 0. The molecule has 0 fully saturated rings. The second kappa shape index (κ2) is 6.05. The molecule has 3 rings (SSSR count). The Morgan fingerprint density at radius 3 is 2.42 bits per heavy atom. The van der Waals surface area contributed by atoms with Crippen molar-refractivity contribution in [1.29, 1.82) is 0 Å². The molecule has 7 heteroatoms. The molecule has 0 aromatic heterocycles. The number of carbonyl (C=O) groups excluding carboxylic acids is 2. The summed E-state index contributed by atoms with van der Waals surface area (Å²) in [7, 11) is 0. The van der Waals surface area contributed by atoms with Gasteiger partial charge in [0.1, 0.15) is 6.04 Å². The first-order valence-electron chi connectivity index (χ1n) is 7.06. The molecule has 0 saturated heterocycles. The number of rotatable bonds is 3. The number of aldehydes is 1. The Kier molecular flexibility index (Phi) is 4.21. The van der Waals surface area contributed by atoms with Crippen LogP contribution in [0.15, 0.2) is 46.9 Å². The van der Waals surface area contributed by atoms with E-state index in [0.717, 1.165) is 17.7 Å². The molecule has 124 valence electrons. The lowest BCUT2D eigenvalue weighted by atomic mass is 10.1. The van der Waals surface area contributed by atoms with E-state index in [9.17, 15) is 22.8 Å². The van der Waals surface area contributed by atoms with Gasteiger partial charge in [0.05, 0.1) is 11.3 Å². The molecule has 1 aliphatic heterocycles. The first-order valence-corrected chi connectivity index (χ1v) is 7.85. The molecular formula is C17H11BrF3NO2. The third kappa shape index (κ3) is 2.84. The number of halogens is 4. The summed E-state index contributed by atoms with van der Waals surface area (Å²) in [5.41, 5.74) is 1.20. The van der Waals surface area contributed by atoms with Crippen LogP contribution in [0.3, 0.4) is 0 Å². The molecule has 0 saturated carbocycles. The molecule has 0 spiro atoms. The molecular weight excluding hydrogens is 387 g/mol. The number of hydrogen-bond donors (Lipinski definition) is 0. The van der Waals surface area contributed by atoms with Crippen molar-refractivity contribution in [2.45, 2.75) is 18.6 Å². The Hall–Kier alpha value is -2.15. The first-order chi connectivity index (χ1) is 11.3. The number of nitrogens with zero attached hydrogens (tertiary/aromatic N) is 1. The van der Waals surface area contributed by atoms with E-state index in [2.05, 4.69) is 15.9 Å². The standard InChI is InChI=1S/C17H11BrF3NO2/c18-13-3-1-2-10-8-14(15(24)9-23)22(16(10)13)12-6-4-11(5-7-12)17(19,20)21/h1-7,9,14H,8H2. The molecule has 3 nitrogen and oxygen atoms in total. The normalized spacial score (nSPS) is 16.8. The number of alkyl halides is 3. The van der Waals surface area contributed by atoms with Gasteiger partial charge in [-0.25, -0.2) is 0 Å². The average molecular weight is 398 g/mol. The van der Waals surface area contributed by atoms with Crippen LogP contribution in [0, 0.1) is 0 Å². The summed E-state index contributed by atoms with van der Waals surface area (Å²) < 4.78 is 38.9. The van der Waals surface area contributed by atoms with Crippen molar-refractivity contribution in [2.24, 2.45) is 0 Å². The SMILES string of the molecule is O=CC(=O)C1Cc2cccc(Br)c2N1c1ccc(C(F)(F)F)cc1. The Morgan fingerprint density at radius 2 is 1.83 bits per heavy atom. The Bertz CT molecular complexity index is 802. The minimum Gasteiger partial charge on any atom is -0.329 e. The van der Waals surface area contributed by atoms with E-state index < -0.39 is 23.6 Å². The van der Waals surface area contributed by atoms with E-state index in [1.807, 2.05) is 12.1 Å². The topological polar surface area (TPSA) is 37.4 Å². The van der Waals surface area contributed by atoms with Crippen molar-refractivity contribution in [2.75, 3.05) is 4.90 Å². The fourth-order valence-electron chi connectivity index (χ4n) is 2.88. The van der Waals surface area contributed by atoms with Gasteiger partial charge in [-0.2, -0.15) is 13.2 Å². The van der Waals surface area contributed by atoms with Crippen LogP contribution in [0.25, 0.3) is 0 Å². The summed E-state index contributed by atoms with van der Waals surface area (Å²) in [5, 5.41) is 0. The number of anilines is 2. The van der Waals surface area contributed by atoms with E-state index in [4.69, 9.17) is 0 Å². The Balaban J connectivity index is 2.09. The monoisotopic (exact) mass is 397 g/mol. The molecule has 1 aliphatic rings. The largest absolute Gasteiger partial charge is 0.416 e. The summed E-state index contributed by atoms with van der Waals surface area (Å²) in [6, 6.07) is 9.21. The van der Waals surface area contributed by atoms with Gasteiger partial charge in [-0.05, 0) is 51.8 Å². The Labute approximate surface area is 144 Å². The lowest BCUT2D eigenvalue weighted by Crippen LogP contribution is -2.36. The van der Waals surface area contributed by atoms with Gasteiger partial charge in [0.15, 0.2) is 6.29 Å². The van der Waals surface area contributed by atoms with Gasteiger partial charge in [0.2, 0.25) is 5.78 Å². The zero-order valence-corrected chi connectivity index (χ0v) is 13.8. The first kappa shape index (κ1) is 16.7. The average Bonchev–Trinajstić information content (AvgIpc) is 2.94. The van der Waals surface area contributed by atoms with Crippen molar-refractivity contribution in [1.82, 2.24) is 0 Å². The number of ketones is 1. The number of benzene rings is 2. The van der Waals surface area contributed by atoms with E-state index in [-0.39, 0.29) is 6.29 Å².